The van der Waals surface area contributed by atoms with Gasteiger partial charge in [-0.15, -0.1) is 0 Å². The lowest BCUT2D eigenvalue weighted by atomic mass is 9.96. The standard InChI is InChI=1S/C23H27Cl2N3O3S/c1-27-11-3-4-18-14-16(7-8-21(18)27)15-26-23(29)17-9-12-28(13-10-17)32(30,31)22-19(24)5-2-6-20(22)25/h2,5-8,14,17H,3-4,9-13,15H2,1H3,(H,26,29). The predicted octanol–water partition coefficient (Wildman–Crippen LogP) is 4.09. The Morgan fingerprint density at radius 3 is 2.47 bits per heavy atom. The van der Waals surface area contributed by atoms with Crippen LogP contribution in [0.3, 0.4) is 0 Å². The summed E-state index contributed by atoms with van der Waals surface area (Å²) in [7, 11) is -1.70. The molecule has 0 unspecified atom stereocenters. The molecule has 32 heavy (non-hydrogen) atoms. The summed E-state index contributed by atoms with van der Waals surface area (Å²) in [5.74, 6) is -0.250. The first-order valence-corrected chi connectivity index (χ1v) is 13.0. The number of piperidine rings is 1. The molecule has 172 valence electrons. The Balaban J connectivity index is 1.34. The molecule has 0 radical (unpaired) electrons. The van der Waals surface area contributed by atoms with Crippen molar-refractivity contribution < 1.29 is 13.2 Å². The van der Waals surface area contributed by atoms with Crippen LogP contribution in [0, 0.1) is 5.92 Å². The summed E-state index contributed by atoms with van der Waals surface area (Å²) in [5, 5.41) is 3.24. The Kier molecular flexibility index (Phi) is 7.00. The van der Waals surface area contributed by atoms with E-state index in [0.717, 1.165) is 24.9 Å². The number of rotatable bonds is 5. The number of sulfonamides is 1. The highest BCUT2D eigenvalue weighted by Crippen LogP contribution is 2.33. The number of nitrogens with zero attached hydrogens (tertiary/aromatic N) is 2. The third kappa shape index (κ3) is 4.76. The zero-order valence-corrected chi connectivity index (χ0v) is 20.3. The van der Waals surface area contributed by atoms with Gasteiger partial charge < -0.3 is 10.2 Å². The lowest BCUT2D eigenvalue weighted by Crippen LogP contribution is -2.43. The van der Waals surface area contributed by atoms with Gasteiger partial charge >= 0.3 is 0 Å². The maximum absolute atomic E-state index is 13.0. The number of anilines is 1. The molecule has 0 bridgehead atoms. The van der Waals surface area contributed by atoms with Crippen molar-refractivity contribution in [2.45, 2.75) is 37.1 Å². The number of halogens is 2. The number of benzene rings is 2. The molecule has 0 aliphatic carbocycles. The number of aryl methyl sites for hydroxylation is 1. The van der Waals surface area contributed by atoms with Crippen molar-refractivity contribution >= 4 is 44.8 Å². The molecule has 1 amide bonds. The molecular weight excluding hydrogens is 469 g/mol. The summed E-state index contributed by atoms with van der Waals surface area (Å²) in [6, 6.07) is 11.0. The topological polar surface area (TPSA) is 69.7 Å². The maximum atomic E-state index is 13.0. The molecule has 1 N–H and O–H groups in total. The Morgan fingerprint density at radius 2 is 1.78 bits per heavy atom. The summed E-state index contributed by atoms with van der Waals surface area (Å²) >= 11 is 12.2. The number of carbonyl (C=O) groups is 1. The molecule has 2 aliphatic rings. The monoisotopic (exact) mass is 495 g/mol. The second-order valence-corrected chi connectivity index (χ2v) is 11.1. The minimum atomic E-state index is -3.81. The van der Waals surface area contributed by atoms with Crippen LogP contribution >= 0.6 is 23.2 Å². The van der Waals surface area contributed by atoms with Gasteiger partial charge in [-0.3, -0.25) is 4.79 Å². The third-order valence-corrected chi connectivity index (χ3v) is 9.16. The third-order valence-electron chi connectivity index (χ3n) is 6.30. The SMILES string of the molecule is CN1CCCc2cc(CNC(=O)C3CCN(S(=O)(=O)c4c(Cl)cccc4Cl)CC3)ccc21. The van der Waals surface area contributed by atoms with E-state index in [1.54, 1.807) is 6.07 Å². The molecule has 2 aromatic rings. The van der Waals surface area contributed by atoms with Crippen LogP contribution in [0.25, 0.3) is 0 Å². The molecule has 0 atom stereocenters. The van der Waals surface area contributed by atoms with E-state index >= 15 is 0 Å². The van der Waals surface area contributed by atoms with E-state index in [1.165, 1.54) is 27.7 Å². The summed E-state index contributed by atoms with van der Waals surface area (Å²) in [6.45, 7) is 2.06. The number of hydrogen-bond acceptors (Lipinski definition) is 4. The second kappa shape index (κ2) is 9.59. The number of carbonyl (C=O) groups excluding carboxylic acids is 1. The van der Waals surface area contributed by atoms with Crippen molar-refractivity contribution in [1.29, 1.82) is 0 Å². The summed E-state index contributed by atoms with van der Waals surface area (Å²) in [4.78, 5) is 14.9. The quantitative estimate of drug-likeness (QED) is 0.677. The van der Waals surface area contributed by atoms with Crippen LogP contribution in [-0.2, 0) is 27.8 Å². The molecule has 0 saturated carbocycles. The average molecular weight is 496 g/mol. The number of amides is 1. The fraction of sp³-hybridized carbons (Fsp3) is 0.435. The van der Waals surface area contributed by atoms with Crippen molar-refractivity contribution in [1.82, 2.24) is 9.62 Å². The number of hydrogen-bond donors (Lipinski definition) is 1. The van der Waals surface area contributed by atoms with Gasteiger partial charge in [0.15, 0.2) is 0 Å². The van der Waals surface area contributed by atoms with E-state index in [-0.39, 0.29) is 39.9 Å². The van der Waals surface area contributed by atoms with Crippen LogP contribution in [0.4, 0.5) is 5.69 Å². The largest absolute Gasteiger partial charge is 0.374 e. The Morgan fingerprint density at radius 1 is 1.09 bits per heavy atom. The summed E-state index contributed by atoms with van der Waals surface area (Å²) in [5.41, 5.74) is 3.67. The van der Waals surface area contributed by atoms with E-state index in [9.17, 15) is 13.2 Å². The molecule has 0 aromatic heterocycles. The highest BCUT2D eigenvalue weighted by atomic mass is 35.5. The minimum absolute atomic E-state index is 0.0346. The van der Waals surface area contributed by atoms with E-state index < -0.39 is 10.0 Å². The summed E-state index contributed by atoms with van der Waals surface area (Å²) < 4.78 is 27.4. The van der Waals surface area contributed by atoms with Gasteiger partial charge in [-0.05, 0) is 55.0 Å². The molecule has 0 spiro atoms. The van der Waals surface area contributed by atoms with Crippen molar-refractivity contribution in [3.63, 3.8) is 0 Å². The molecule has 4 rings (SSSR count). The molecule has 2 aromatic carbocycles. The van der Waals surface area contributed by atoms with Crippen molar-refractivity contribution in [3.8, 4) is 0 Å². The highest BCUT2D eigenvalue weighted by Gasteiger charge is 2.34. The van der Waals surface area contributed by atoms with E-state index in [2.05, 4.69) is 35.5 Å². The van der Waals surface area contributed by atoms with Crippen molar-refractivity contribution in [2.75, 3.05) is 31.6 Å². The van der Waals surface area contributed by atoms with Gasteiger partial charge in [-0.25, -0.2) is 8.42 Å². The van der Waals surface area contributed by atoms with Gasteiger partial charge in [0.05, 0.1) is 10.0 Å². The molecule has 1 fully saturated rings. The number of nitrogens with one attached hydrogen (secondary N) is 1. The zero-order chi connectivity index (χ0) is 22.9. The lowest BCUT2D eigenvalue weighted by Gasteiger charge is -2.31. The first kappa shape index (κ1) is 23.4. The van der Waals surface area contributed by atoms with Crippen molar-refractivity contribution in [2.24, 2.45) is 5.92 Å². The van der Waals surface area contributed by atoms with Gasteiger partial charge in [0.25, 0.3) is 0 Å². The van der Waals surface area contributed by atoms with Crippen molar-refractivity contribution in [3.05, 3.63) is 57.6 Å². The normalized spacial score (nSPS) is 17.8. The molecule has 9 heteroatoms. The second-order valence-electron chi connectivity index (χ2n) is 8.44. The zero-order valence-electron chi connectivity index (χ0n) is 18.0. The van der Waals surface area contributed by atoms with Crippen LogP contribution in [0.2, 0.25) is 10.0 Å². The maximum Gasteiger partial charge on any atom is 0.246 e. The van der Waals surface area contributed by atoms with Crippen LogP contribution < -0.4 is 10.2 Å². The predicted molar refractivity (Wildman–Crippen MR) is 128 cm³/mol. The molecule has 2 heterocycles. The molecule has 2 aliphatic heterocycles. The fourth-order valence-electron chi connectivity index (χ4n) is 4.50. The average Bonchev–Trinajstić information content (AvgIpc) is 2.77. The van der Waals surface area contributed by atoms with Crippen LogP contribution in [0.15, 0.2) is 41.3 Å². The highest BCUT2D eigenvalue weighted by molar-refractivity contribution is 7.89. The van der Waals surface area contributed by atoms with Gasteiger partial charge in [0, 0.05) is 44.8 Å². The van der Waals surface area contributed by atoms with Crippen LogP contribution in [0.5, 0.6) is 0 Å². The molecule has 6 nitrogen and oxygen atoms in total. The van der Waals surface area contributed by atoms with Gasteiger partial charge in [0.1, 0.15) is 4.90 Å². The van der Waals surface area contributed by atoms with Gasteiger partial charge in [0.2, 0.25) is 15.9 Å². The lowest BCUT2D eigenvalue weighted by molar-refractivity contribution is -0.126. The Bertz CT molecular complexity index is 1100. The fourth-order valence-corrected chi connectivity index (χ4v) is 7.06. The first-order chi connectivity index (χ1) is 15.3. The molecule has 1 saturated heterocycles. The van der Waals surface area contributed by atoms with E-state index in [4.69, 9.17) is 23.2 Å². The Hall–Kier alpha value is -1.80. The van der Waals surface area contributed by atoms with Gasteiger partial charge in [-0.1, -0.05) is 41.4 Å². The van der Waals surface area contributed by atoms with Gasteiger partial charge in [-0.2, -0.15) is 4.31 Å². The first-order valence-electron chi connectivity index (χ1n) is 10.8. The van der Waals surface area contributed by atoms with Crippen LogP contribution in [0.1, 0.15) is 30.4 Å². The Labute approximate surface area is 199 Å². The number of fused-ring (bicyclic) bond motifs is 1. The summed E-state index contributed by atoms with van der Waals surface area (Å²) in [6.07, 6.45) is 3.12. The smallest absolute Gasteiger partial charge is 0.246 e. The van der Waals surface area contributed by atoms with E-state index in [0.29, 0.717) is 19.4 Å². The molecular formula is C23H27Cl2N3O3S. The van der Waals surface area contributed by atoms with E-state index in [1.807, 2.05) is 0 Å². The van der Waals surface area contributed by atoms with Crippen LogP contribution in [-0.4, -0.2) is 45.3 Å². The minimum Gasteiger partial charge on any atom is -0.374 e.